The van der Waals surface area contributed by atoms with Gasteiger partial charge in [-0.1, -0.05) is 5.16 Å². The predicted octanol–water partition coefficient (Wildman–Crippen LogP) is 2.82. The molecule has 2 aromatic heterocycles. The van der Waals surface area contributed by atoms with Crippen LogP contribution in [0.4, 0.5) is 0 Å². The predicted molar refractivity (Wildman–Crippen MR) is 75.9 cm³/mol. The number of pyridine rings is 1. The standard InChI is InChI=1S/C15H13N3O3/c1-9-5-6-16-8-12(9)14-17-15(21-18-14)11-7-10(20-2)3-4-13(11)19/h3-8,19H,1-2H3. The lowest BCUT2D eigenvalue weighted by atomic mass is 10.1. The Bertz CT molecular complexity index is 783. The van der Waals surface area contributed by atoms with E-state index >= 15 is 0 Å². The molecular weight excluding hydrogens is 270 g/mol. The van der Waals surface area contributed by atoms with Gasteiger partial charge in [0.25, 0.3) is 5.89 Å². The fourth-order valence-electron chi connectivity index (χ4n) is 1.95. The first kappa shape index (κ1) is 13.1. The summed E-state index contributed by atoms with van der Waals surface area (Å²) in [4.78, 5) is 8.37. The van der Waals surface area contributed by atoms with Gasteiger partial charge in [-0.05, 0) is 36.8 Å². The van der Waals surface area contributed by atoms with E-state index in [0.717, 1.165) is 11.1 Å². The van der Waals surface area contributed by atoms with Crippen LogP contribution in [0.1, 0.15) is 5.56 Å². The van der Waals surface area contributed by atoms with Crippen molar-refractivity contribution in [2.75, 3.05) is 7.11 Å². The topological polar surface area (TPSA) is 81.3 Å². The van der Waals surface area contributed by atoms with Crippen LogP contribution >= 0.6 is 0 Å². The molecule has 0 amide bonds. The van der Waals surface area contributed by atoms with Gasteiger partial charge in [-0.3, -0.25) is 4.98 Å². The highest BCUT2D eigenvalue weighted by Gasteiger charge is 2.16. The Morgan fingerprint density at radius 3 is 2.81 bits per heavy atom. The Morgan fingerprint density at radius 2 is 2.05 bits per heavy atom. The molecule has 0 spiro atoms. The van der Waals surface area contributed by atoms with E-state index in [1.54, 1.807) is 31.6 Å². The van der Waals surface area contributed by atoms with Gasteiger partial charge in [-0.2, -0.15) is 4.98 Å². The first-order chi connectivity index (χ1) is 10.2. The van der Waals surface area contributed by atoms with Gasteiger partial charge in [0.1, 0.15) is 11.5 Å². The lowest BCUT2D eigenvalue weighted by molar-refractivity contribution is 0.408. The van der Waals surface area contributed by atoms with Gasteiger partial charge in [0.2, 0.25) is 5.82 Å². The van der Waals surface area contributed by atoms with Gasteiger partial charge in [0.15, 0.2) is 0 Å². The first-order valence-electron chi connectivity index (χ1n) is 6.31. The first-order valence-corrected chi connectivity index (χ1v) is 6.31. The van der Waals surface area contributed by atoms with Crippen molar-refractivity contribution in [3.63, 3.8) is 0 Å². The number of aromatic hydroxyl groups is 1. The molecule has 3 aromatic rings. The van der Waals surface area contributed by atoms with Crippen LogP contribution in [-0.2, 0) is 0 Å². The molecule has 0 aliphatic rings. The summed E-state index contributed by atoms with van der Waals surface area (Å²) in [5.74, 6) is 1.30. The van der Waals surface area contributed by atoms with Crippen LogP contribution in [-0.4, -0.2) is 27.3 Å². The molecule has 1 N–H and O–H groups in total. The minimum atomic E-state index is 0.0499. The summed E-state index contributed by atoms with van der Waals surface area (Å²) in [6, 6.07) is 6.69. The normalized spacial score (nSPS) is 10.6. The van der Waals surface area contributed by atoms with E-state index in [0.29, 0.717) is 17.1 Å². The number of hydrogen-bond donors (Lipinski definition) is 1. The van der Waals surface area contributed by atoms with E-state index in [-0.39, 0.29) is 11.6 Å². The Balaban J connectivity index is 2.05. The number of phenols is 1. The number of phenolic OH excluding ortho intramolecular Hbond substituents is 1. The molecule has 106 valence electrons. The zero-order valence-electron chi connectivity index (χ0n) is 11.6. The second-order valence-electron chi connectivity index (χ2n) is 4.50. The van der Waals surface area contributed by atoms with Crippen molar-refractivity contribution in [2.45, 2.75) is 6.92 Å². The van der Waals surface area contributed by atoms with Crippen LogP contribution in [0.15, 0.2) is 41.2 Å². The maximum atomic E-state index is 9.92. The van der Waals surface area contributed by atoms with E-state index in [4.69, 9.17) is 9.26 Å². The monoisotopic (exact) mass is 283 g/mol. The van der Waals surface area contributed by atoms with Crippen LogP contribution < -0.4 is 4.74 Å². The zero-order chi connectivity index (χ0) is 14.8. The van der Waals surface area contributed by atoms with E-state index in [2.05, 4.69) is 15.1 Å². The minimum absolute atomic E-state index is 0.0499. The van der Waals surface area contributed by atoms with E-state index < -0.39 is 0 Å². The maximum Gasteiger partial charge on any atom is 0.262 e. The Labute approximate surface area is 121 Å². The van der Waals surface area contributed by atoms with Gasteiger partial charge >= 0.3 is 0 Å². The van der Waals surface area contributed by atoms with Crippen molar-refractivity contribution in [1.82, 2.24) is 15.1 Å². The molecule has 1 aromatic carbocycles. The largest absolute Gasteiger partial charge is 0.507 e. The van der Waals surface area contributed by atoms with Crippen LogP contribution in [0.5, 0.6) is 11.5 Å². The summed E-state index contributed by atoms with van der Waals surface area (Å²) in [7, 11) is 1.55. The molecule has 3 rings (SSSR count). The summed E-state index contributed by atoms with van der Waals surface area (Å²) in [5, 5.41) is 13.9. The van der Waals surface area contributed by atoms with Gasteiger partial charge in [0.05, 0.1) is 12.7 Å². The van der Waals surface area contributed by atoms with Gasteiger partial charge in [-0.25, -0.2) is 0 Å². The average Bonchev–Trinajstić information content (AvgIpc) is 2.97. The molecule has 21 heavy (non-hydrogen) atoms. The van der Waals surface area contributed by atoms with Crippen LogP contribution in [0.25, 0.3) is 22.8 Å². The van der Waals surface area contributed by atoms with Crippen molar-refractivity contribution in [3.8, 4) is 34.3 Å². The smallest absolute Gasteiger partial charge is 0.262 e. The molecule has 0 atom stereocenters. The van der Waals surface area contributed by atoms with E-state index in [1.807, 2.05) is 13.0 Å². The number of rotatable bonds is 3. The van der Waals surface area contributed by atoms with Crippen LogP contribution in [0, 0.1) is 6.92 Å². The molecule has 6 heteroatoms. The molecule has 0 aliphatic heterocycles. The quantitative estimate of drug-likeness (QED) is 0.796. The summed E-state index contributed by atoms with van der Waals surface area (Å²) in [5.41, 5.74) is 2.21. The third-order valence-corrected chi connectivity index (χ3v) is 3.14. The second-order valence-corrected chi connectivity index (χ2v) is 4.50. The molecular formula is C15H13N3O3. The summed E-state index contributed by atoms with van der Waals surface area (Å²) >= 11 is 0. The van der Waals surface area contributed by atoms with Gasteiger partial charge in [0, 0.05) is 18.0 Å². The summed E-state index contributed by atoms with van der Waals surface area (Å²) < 4.78 is 10.4. The van der Waals surface area contributed by atoms with Crippen molar-refractivity contribution in [1.29, 1.82) is 0 Å². The number of benzene rings is 1. The van der Waals surface area contributed by atoms with Crippen molar-refractivity contribution in [3.05, 3.63) is 42.2 Å². The Hall–Kier alpha value is -2.89. The SMILES string of the molecule is COc1ccc(O)c(-c2nc(-c3cnccc3C)no2)c1. The number of aromatic nitrogens is 3. The second kappa shape index (κ2) is 5.24. The van der Waals surface area contributed by atoms with Crippen molar-refractivity contribution < 1.29 is 14.4 Å². The van der Waals surface area contributed by atoms with Gasteiger partial charge < -0.3 is 14.4 Å². The van der Waals surface area contributed by atoms with Gasteiger partial charge in [-0.15, -0.1) is 0 Å². The Morgan fingerprint density at radius 1 is 1.19 bits per heavy atom. The highest BCUT2D eigenvalue weighted by atomic mass is 16.5. The molecule has 0 fully saturated rings. The average molecular weight is 283 g/mol. The minimum Gasteiger partial charge on any atom is -0.507 e. The third-order valence-electron chi connectivity index (χ3n) is 3.14. The van der Waals surface area contributed by atoms with E-state index in [9.17, 15) is 5.11 Å². The summed E-state index contributed by atoms with van der Waals surface area (Å²) in [6.07, 6.45) is 3.38. The molecule has 0 radical (unpaired) electrons. The van der Waals surface area contributed by atoms with Crippen molar-refractivity contribution >= 4 is 0 Å². The lowest BCUT2D eigenvalue weighted by Crippen LogP contribution is -1.87. The van der Waals surface area contributed by atoms with E-state index in [1.165, 1.54) is 6.07 Å². The highest BCUT2D eigenvalue weighted by molar-refractivity contribution is 5.67. The molecule has 0 saturated heterocycles. The fraction of sp³-hybridized carbons (Fsp3) is 0.133. The van der Waals surface area contributed by atoms with Crippen LogP contribution in [0.3, 0.4) is 0 Å². The fourth-order valence-corrected chi connectivity index (χ4v) is 1.95. The molecule has 2 heterocycles. The Kier molecular flexibility index (Phi) is 3.27. The van der Waals surface area contributed by atoms with Crippen LogP contribution in [0.2, 0.25) is 0 Å². The molecule has 0 saturated carbocycles. The number of aryl methyl sites for hydroxylation is 1. The molecule has 0 unspecified atom stereocenters. The third kappa shape index (κ3) is 2.43. The number of nitrogens with zero attached hydrogens (tertiary/aromatic N) is 3. The number of ether oxygens (including phenoxy) is 1. The number of methoxy groups -OCH3 is 1. The van der Waals surface area contributed by atoms with Crippen molar-refractivity contribution in [2.24, 2.45) is 0 Å². The number of hydrogen-bond acceptors (Lipinski definition) is 6. The highest BCUT2D eigenvalue weighted by Crippen LogP contribution is 2.32. The maximum absolute atomic E-state index is 9.92. The summed E-state index contributed by atoms with van der Waals surface area (Å²) in [6.45, 7) is 1.94. The zero-order valence-corrected chi connectivity index (χ0v) is 11.6. The lowest BCUT2D eigenvalue weighted by Gasteiger charge is -2.03. The molecule has 0 aliphatic carbocycles. The molecule has 0 bridgehead atoms. The molecule has 6 nitrogen and oxygen atoms in total.